The van der Waals surface area contributed by atoms with Crippen molar-refractivity contribution in [3.63, 3.8) is 0 Å². The summed E-state index contributed by atoms with van der Waals surface area (Å²) >= 11 is 0. The van der Waals surface area contributed by atoms with Crippen LogP contribution in [0.1, 0.15) is 93.4 Å². The van der Waals surface area contributed by atoms with E-state index >= 15 is 0 Å². The van der Waals surface area contributed by atoms with E-state index in [-0.39, 0.29) is 23.1 Å². The Morgan fingerprint density at radius 1 is 0.870 bits per heavy atom. The van der Waals surface area contributed by atoms with Gasteiger partial charge in [-0.15, -0.1) is 0 Å². The smallest absolute Gasteiger partial charge is 0.308 e. The predicted molar refractivity (Wildman–Crippen MR) is 94.1 cm³/mol. The molecule has 1 aliphatic carbocycles. The van der Waals surface area contributed by atoms with E-state index in [2.05, 4.69) is 13.8 Å². The molecule has 1 saturated carbocycles. The standard InChI is InChI=1S/C10H22O2.C9H16O2/c1-7-9(3,4)11-12-10(5,6)8-2;1-2-11-9(10)8-6-4-3-5-7-8/h7-8H2,1-6H3;8H,2-7H2,1H3. The van der Waals surface area contributed by atoms with Gasteiger partial charge in [0, 0.05) is 0 Å². The summed E-state index contributed by atoms with van der Waals surface area (Å²) in [6.45, 7) is 14.7. The lowest BCUT2D eigenvalue weighted by atomic mass is 9.89. The Hall–Kier alpha value is -0.610. The van der Waals surface area contributed by atoms with Gasteiger partial charge in [-0.05, 0) is 60.3 Å². The summed E-state index contributed by atoms with van der Waals surface area (Å²) in [5.41, 5.74) is -0.348. The van der Waals surface area contributed by atoms with Gasteiger partial charge in [0.1, 0.15) is 0 Å². The lowest BCUT2D eigenvalue weighted by Gasteiger charge is -2.29. The van der Waals surface area contributed by atoms with Crippen LogP contribution in [-0.4, -0.2) is 23.8 Å². The van der Waals surface area contributed by atoms with E-state index in [4.69, 9.17) is 14.5 Å². The molecule has 1 fully saturated rings. The molecule has 1 rings (SSSR count). The van der Waals surface area contributed by atoms with Gasteiger partial charge in [-0.2, -0.15) is 0 Å². The molecule has 1 aliphatic rings. The molecule has 0 atom stereocenters. The van der Waals surface area contributed by atoms with Crippen molar-refractivity contribution in [2.75, 3.05) is 6.61 Å². The summed E-state index contributed by atoms with van der Waals surface area (Å²) in [4.78, 5) is 21.8. The lowest BCUT2D eigenvalue weighted by Crippen LogP contribution is -2.31. The summed E-state index contributed by atoms with van der Waals surface area (Å²) in [5.74, 6) is 0.232. The second-order valence-corrected chi connectivity index (χ2v) is 7.48. The van der Waals surface area contributed by atoms with Crippen molar-refractivity contribution in [2.24, 2.45) is 5.92 Å². The van der Waals surface area contributed by atoms with Gasteiger partial charge in [0.25, 0.3) is 0 Å². The third-order valence-electron chi connectivity index (χ3n) is 4.42. The molecule has 23 heavy (non-hydrogen) atoms. The van der Waals surface area contributed by atoms with E-state index in [9.17, 15) is 4.79 Å². The molecule has 0 aromatic carbocycles. The van der Waals surface area contributed by atoms with E-state index in [0.717, 1.165) is 25.7 Å². The van der Waals surface area contributed by atoms with Gasteiger partial charge in [-0.1, -0.05) is 33.1 Å². The van der Waals surface area contributed by atoms with Crippen molar-refractivity contribution in [1.29, 1.82) is 0 Å². The Balaban J connectivity index is 0.000000422. The molecule has 0 bridgehead atoms. The van der Waals surface area contributed by atoms with Crippen LogP contribution in [0.15, 0.2) is 0 Å². The van der Waals surface area contributed by atoms with Crippen LogP contribution < -0.4 is 0 Å². The lowest BCUT2D eigenvalue weighted by molar-refractivity contribution is -0.401. The number of carbonyl (C=O) groups excluding carboxylic acids is 1. The highest BCUT2D eigenvalue weighted by Crippen LogP contribution is 2.24. The van der Waals surface area contributed by atoms with E-state index in [1.165, 1.54) is 19.3 Å². The van der Waals surface area contributed by atoms with E-state index < -0.39 is 0 Å². The summed E-state index contributed by atoms with van der Waals surface area (Å²) in [6, 6.07) is 0. The minimum atomic E-state index is -0.174. The minimum Gasteiger partial charge on any atom is -0.466 e. The van der Waals surface area contributed by atoms with E-state index in [1.807, 2.05) is 34.6 Å². The first kappa shape index (κ1) is 22.4. The zero-order chi connectivity index (χ0) is 17.9. The summed E-state index contributed by atoms with van der Waals surface area (Å²) in [5, 5.41) is 0. The van der Waals surface area contributed by atoms with Gasteiger partial charge in [-0.25, -0.2) is 9.78 Å². The molecule has 4 heteroatoms. The van der Waals surface area contributed by atoms with Gasteiger partial charge < -0.3 is 4.74 Å². The highest BCUT2D eigenvalue weighted by Gasteiger charge is 2.23. The molecule has 0 aromatic heterocycles. The third-order valence-corrected chi connectivity index (χ3v) is 4.42. The predicted octanol–water partition coefficient (Wildman–Crippen LogP) is 5.44. The zero-order valence-electron chi connectivity index (χ0n) is 16.4. The molecule has 0 radical (unpaired) electrons. The first-order valence-electron chi connectivity index (χ1n) is 9.21. The van der Waals surface area contributed by atoms with Crippen LogP contribution in [0.2, 0.25) is 0 Å². The average Bonchev–Trinajstić information content (AvgIpc) is 2.55. The molecule has 138 valence electrons. The van der Waals surface area contributed by atoms with Gasteiger partial charge in [0.15, 0.2) is 0 Å². The van der Waals surface area contributed by atoms with Crippen LogP contribution in [0.4, 0.5) is 0 Å². The monoisotopic (exact) mass is 330 g/mol. The SMILES string of the molecule is CCC(C)(C)OOC(C)(C)CC.CCOC(=O)C1CCCCC1. The van der Waals surface area contributed by atoms with Crippen molar-refractivity contribution >= 4 is 5.97 Å². The molecule has 0 aromatic rings. The van der Waals surface area contributed by atoms with Crippen LogP contribution in [0.25, 0.3) is 0 Å². The quantitative estimate of drug-likeness (QED) is 0.354. The van der Waals surface area contributed by atoms with Crippen molar-refractivity contribution in [3.05, 3.63) is 0 Å². The van der Waals surface area contributed by atoms with Crippen LogP contribution in [-0.2, 0) is 19.3 Å². The third kappa shape index (κ3) is 10.7. The fraction of sp³-hybridized carbons (Fsp3) is 0.947. The Labute approximate surface area is 143 Å². The van der Waals surface area contributed by atoms with E-state index in [1.54, 1.807) is 0 Å². The summed E-state index contributed by atoms with van der Waals surface area (Å²) in [7, 11) is 0. The molecule has 0 unspecified atom stereocenters. The fourth-order valence-corrected chi connectivity index (χ4v) is 1.94. The second kappa shape index (κ2) is 11.0. The van der Waals surface area contributed by atoms with E-state index in [0.29, 0.717) is 6.61 Å². The zero-order valence-corrected chi connectivity index (χ0v) is 16.4. The highest BCUT2D eigenvalue weighted by atomic mass is 17.2. The Kier molecular flexibility index (Phi) is 10.7. The maximum absolute atomic E-state index is 11.2. The second-order valence-electron chi connectivity index (χ2n) is 7.48. The van der Waals surface area contributed by atoms with Crippen LogP contribution in [0.5, 0.6) is 0 Å². The minimum absolute atomic E-state index is 0.0206. The molecule has 0 amide bonds. The molecular formula is C19H38O4. The van der Waals surface area contributed by atoms with Crippen LogP contribution in [0.3, 0.4) is 0 Å². The van der Waals surface area contributed by atoms with Crippen LogP contribution in [0, 0.1) is 5.92 Å². The number of hydrogen-bond donors (Lipinski definition) is 0. The van der Waals surface area contributed by atoms with Crippen LogP contribution >= 0.6 is 0 Å². The average molecular weight is 331 g/mol. The molecule has 4 nitrogen and oxygen atoms in total. The molecular weight excluding hydrogens is 292 g/mol. The molecule has 0 aliphatic heterocycles. The maximum Gasteiger partial charge on any atom is 0.308 e. The van der Waals surface area contributed by atoms with Crippen molar-refractivity contribution in [1.82, 2.24) is 0 Å². The Morgan fingerprint density at radius 3 is 1.65 bits per heavy atom. The normalized spacial score (nSPS) is 16.5. The Bertz CT molecular complexity index is 301. The summed E-state index contributed by atoms with van der Waals surface area (Å²) in [6.07, 6.45) is 7.67. The fourth-order valence-electron chi connectivity index (χ4n) is 1.94. The van der Waals surface area contributed by atoms with Gasteiger partial charge >= 0.3 is 5.97 Å². The largest absolute Gasteiger partial charge is 0.466 e. The molecule has 0 heterocycles. The molecule has 0 N–H and O–H groups in total. The number of esters is 1. The first-order valence-corrected chi connectivity index (χ1v) is 9.21. The number of ether oxygens (including phenoxy) is 1. The number of hydrogen-bond acceptors (Lipinski definition) is 4. The highest BCUT2D eigenvalue weighted by molar-refractivity contribution is 5.72. The van der Waals surface area contributed by atoms with Crippen molar-refractivity contribution < 1.29 is 19.3 Å². The van der Waals surface area contributed by atoms with Gasteiger partial charge in [0.2, 0.25) is 0 Å². The van der Waals surface area contributed by atoms with Crippen molar-refractivity contribution in [2.45, 2.75) is 105 Å². The maximum atomic E-state index is 11.2. The molecule has 0 saturated heterocycles. The number of carbonyl (C=O) groups is 1. The summed E-state index contributed by atoms with van der Waals surface area (Å²) < 4.78 is 4.94. The van der Waals surface area contributed by atoms with Gasteiger partial charge in [-0.3, -0.25) is 4.79 Å². The van der Waals surface area contributed by atoms with Crippen molar-refractivity contribution in [3.8, 4) is 0 Å². The first-order chi connectivity index (χ1) is 10.7. The Morgan fingerprint density at radius 2 is 1.30 bits per heavy atom. The number of rotatable bonds is 7. The van der Waals surface area contributed by atoms with Gasteiger partial charge in [0.05, 0.1) is 23.7 Å². The molecule has 0 spiro atoms. The topological polar surface area (TPSA) is 44.8 Å².